The predicted octanol–water partition coefficient (Wildman–Crippen LogP) is 2.82. The highest BCUT2D eigenvalue weighted by Gasteiger charge is 2.13. The number of hydrogen-bond acceptors (Lipinski definition) is 2. The number of halogens is 1. The van der Waals surface area contributed by atoms with Gasteiger partial charge in [0.05, 0.1) is 5.69 Å². The molecule has 1 heterocycles. The first-order chi connectivity index (χ1) is 7.29. The van der Waals surface area contributed by atoms with Crippen molar-refractivity contribution in [2.75, 3.05) is 0 Å². The van der Waals surface area contributed by atoms with Crippen LogP contribution in [0.5, 0.6) is 0 Å². The summed E-state index contributed by atoms with van der Waals surface area (Å²) in [6.07, 6.45) is 0.884. The molecule has 2 aromatic rings. The van der Waals surface area contributed by atoms with Crippen molar-refractivity contribution >= 4 is 11.6 Å². The zero-order chi connectivity index (χ0) is 10.7. The van der Waals surface area contributed by atoms with Gasteiger partial charge in [0.2, 0.25) is 0 Å². The highest BCUT2D eigenvalue weighted by molar-refractivity contribution is 6.31. The maximum Gasteiger partial charge on any atom is 0.122 e. The van der Waals surface area contributed by atoms with Crippen molar-refractivity contribution in [3.63, 3.8) is 0 Å². The number of aliphatic hydroxyl groups is 1. The van der Waals surface area contributed by atoms with Gasteiger partial charge in [0.25, 0.3) is 0 Å². The molecule has 0 aliphatic rings. The fourth-order valence-corrected chi connectivity index (χ4v) is 1.63. The maximum absolute atomic E-state index is 10.0. The van der Waals surface area contributed by atoms with E-state index in [0.717, 1.165) is 0 Å². The van der Waals surface area contributed by atoms with Crippen LogP contribution in [-0.4, -0.2) is 10.1 Å². The van der Waals surface area contributed by atoms with Crippen LogP contribution in [0.1, 0.15) is 17.4 Å². The van der Waals surface area contributed by atoms with Crippen LogP contribution in [0.4, 0.5) is 0 Å². The Balaban J connectivity index is 2.37. The molecule has 2 nitrogen and oxygen atoms in total. The average Bonchev–Trinajstić information content (AvgIpc) is 2.30. The third-order valence-corrected chi connectivity index (χ3v) is 2.51. The highest BCUT2D eigenvalue weighted by atomic mass is 35.5. The van der Waals surface area contributed by atoms with E-state index in [1.165, 1.54) is 0 Å². The number of benzene rings is 1. The van der Waals surface area contributed by atoms with Crippen LogP contribution in [0.15, 0.2) is 48.7 Å². The van der Waals surface area contributed by atoms with Gasteiger partial charge in [-0.05, 0) is 18.2 Å². The minimum absolute atomic E-state index is 0.552. The second-order valence-corrected chi connectivity index (χ2v) is 3.59. The SMILES string of the molecule is OC(c1ccccn1)c1ccccc1Cl. The number of nitrogens with zero attached hydrogens (tertiary/aromatic N) is 1. The minimum atomic E-state index is -0.764. The molecule has 0 bridgehead atoms. The van der Waals surface area contributed by atoms with Gasteiger partial charge in [-0.3, -0.25) is 4.98 Å². The zero-order valence-corrected chi connectivity index (χ0v) is 8.72. The van der Waals surface area contributed by atoms with Crippen LogP contribution < -0.4 is 0 Å². The van der Waals surface area contributed by atoms with E-state index in [0.29, 0.717) is 16.3 Å². The molecule has 3 heteroatoms. The van der Waals surface area contributed by atoms with E-state index in [1.54, 1.807) is 24.4 Å². The van der Waals surface area contributed by atoms with E-state index in [4.69, 9.17) is 11.6 Å². The fourth-order valence-electron chi connectivity index (χ4n) is 1.39. The molecule has 0 saturated carbocycles. The molecular formula is C12H10ClNO. The molecule has 1 aromatic carbocycles. The molecule has 15 heavy (non-hydrogen) atoms. The normalized spacial score (nSPS) is 12.4. The number of aliphatic hydroxyl groups excluding tert-OH is 1. The zero-order valence-electron chi connectivity index (χ0n) is 7.97. The Morgan fingerprint density at radius 1 is 1.07 bits per heavy atom. The summed E-state index contributed by atoms with van der Waals surface area (Å²) in [6.45, 7) is 0. The molecule has 1 unspecified atom stereocenters. The molecule has 0 saturated heterocycles. The first-order valence-electron chi connectivity index (χ1n) is 4.62. The summed E-state index contributed by atoms with van der Waals surface area (Å²) in [7, 11) is 0. The molecule has 1 atom stereocenters. The topological polar surface area (TPSA) is 33.1 Å². The van der Waals surface area contributed by atoms with Crippen LogP contribution in [0.25, 0.3) is 0 Å². The molecule has 0 fully saturated rings. The first-order valence-corrected chi connectivity index (χ1v) is 5.00. The Morgan fingerprint density at radius 3 is 2.47 bits per heavy atom. The second kappa shape index (κ2) is 4.43. The van der Waals surface area contributed by atoms with Crippen LogP contribution in [-0.2, 0) is 0 Å². The van der Waals surface area contributed by atoms with Gasteiger partial charge in [0.15, 0.2) is 0 Å². The highest BCUT2D eigenvalue weighted by Crippen LogP contribution is 2.26. The van der Waals surface area contributed by atoms with E-state index in [9.17, 15) is 5.11 Å². The van der Waals surface area contributed by atoms with Gasteiger partial charge in [0.1, 0.15) is 6.10 Å². The van der Waals surface area contributed by atoms with E-state index < -0.39 is 6.10 Å². The number of pyridine rings is 1. The van der Waals surface area contributed by atoms with E-state index in [-0.39, 0.29) is 0 Å². The van der Waals surface area contributed by atoms with Crippen molar-refractivity contribution in [2.24, 2.45) is 0 Å². The smallest absolute Gasteiger partial charge is 0.122 e. The fraction of sp³-hybridized carbons (Fsp3) is 0.0833. The lowest BCUT2D eigenvalue weighted by molar-refractivity contribution is 0.215. The van der Waals surface area contributed by atoms with Crippen molar-refractivity contribution in [3.05, 3.63) is 64.9 Å². The van der Waals surface area contributed by atoms with Gasteiger partial charge in [-0.1, -0.05) is 35.9 Å². The number of rotatable bonds is 2. The summed E-state index contributed by atoms with van der Waals surface area (Å²) in [5.74, 6) is 0. The lowest BCUT2D eigenvalue weighted by Gasteiger charge is -2.11. The second-order valence-electron chi connectivity index (χ2n) is 3.18. The average molecular weight is 220 g/mol. The Labute approximate surface area is 93.2 Å². The van der Waals surface area contributed by atoms with Gasteiger partial charge in [0, 0.05) is 16.8 Å². The van der Waals surface area contributed by atoms with Crippen LogP contribution in [0, 0.1) is 0 Å². The summed E-state index contributed by atoms with van der Waals surface area (Å²) >= 11 is 5.98. The molecule has 0 aliphatic heterocycles. The molecule has 0 aliphatic carbocycles. The molecule has 0 spiro atoms. The minimum Gasteiger partial charge on any atom is -0.382 e. The first kappa shape index (κ1) is 10.1. The number of hydrogen-bond donors (Lipinski definition) is 1. The molecule has 2 rings (SSSR count). The third-order valence-electron chi connectivity index (χ3n) is 2.17. The summed E-state index contributed by atoms with van der Waals surface area (Å²) < 4.78 is 0. The van der Waals surface area contributed by atoms with Crippen molar-refractivity contribution in [1.82, 2.24) is 4.98 Å². The maximum atomic E-state index is 10.0. The van der Waals surface area contributed by atoms with Gasteiger partial charge in [-0.15, -0.1) is 0 Å². The lowest BCUT2D eigenvalue weighted by atomic mass is 10.1. The van der Waals surface area contributed by atoms with Crippen LogP contribution in [0.2, 0.25) is 5.02 Å². The molecule has 0 radical (unpaired) electrons. The molecule has 0 amide bonds. The largest absolute Gasteiger partial charge is 0.382 e. The third kappa shape index (κ3) is 2.17. The monoisotopic (exact) mass is 219 g/mol. The Bertz CT molecular complexity index is 444. The molecular weight excluding hydrogens is 210 g/mol. The van der Waals surface area contributed by atoms with Crippen molar-refractivity contribution in [1.29, 1.82) is 0 Å². The summed E-state index contributed by atoms with van der Waals surface area (Å²) in [4.78, 5) is 4.09. The Hall–Kier alpha value is -1.38. The van der Waals surface area contributed by atoms with Crippen molar-refractivity contribution in [2.45, 2.75) is 6.10 Å². The van der Waals surface area contributed by atoms with Gasteiger partial charge < -0.3 is 5.11 Å². The standard InChI is InChI=1S/C12H10ClNO/c13-10-6-2-1-5-9(10)12(15)11-7-3-4-8-14-11/h1-8,12,15H. The Morgan fingerprint density at radius 2 is 1.80 bits per heavy atom. The lowest BCUT2D eigenvalue weighted by Crippen LogP contribution is -2.02. The van der Waals surface area contributed by atoms with Crippen molar-refractivity contribution in [3.8, 4) is 0 Å². The van der Waals surface area contributed by atoms with Crippen LogP contribution in [0.3, 0.4) is 0 Å². The number of aromatic nitrogens is 1. The summed E-state index contributed by atoms with van der Waals surface area (Å²) in [6, 6.07) is 12.6. The summed E-state index contributed by atoms with van der Waals surface area (Å²) in [5, 5.41) is 10.6. The predicted molar refractivity (Wildman–Crippen MR) is 59.8 cm³/mol. The van der Waals surface area contributed by atoms with Gasteiger partial charge >= 0.3 is 0 Å². The molecule has 1 aromatic heterocycles. The quantitative estimate of drug-likeness (QED) is 0.843. The van der Waals surface area contributed by atoms with E-state index in [2.05, 4.69) is 4.98 Å². The molecule has 76 valence electrons. The van der Waals surface area contributed by atoms with Crippen LogP contribution >= 0.6 is 11.6 Å². The van der Waals surface area contributed by atoms with Gasteiger partial charge in [-0.25, -0.2) is 0 Å². The van der Waals surface area contributed by atoms with E-state index in [1.807, 2.05) is 24.3 Å². The van der Waals surface area contributed by atoms with Gasteiger partial charge in [-0.2, -0.15) is 0 Å². The molecule has 1 N–H and O–H groups in total. The summed E-state index contributed by atoms with van der Waals surface area (Å²) in [5.41, 5.74) is 1.28. The Kier molecular flexibility index (Phi) is 2.99. The van der Waals surface area contributed by atoms with E-state index >= 15 is 0 Å². The van der Waals surface area contributed by atoms with Crippen molar-refractivity contribution < 1.29 is 5.11 Å².